The molecule has 0 bridgehead atoms. The molecule has 0 spiro atoms. The molecule has 0 aromatic heterocycles. The van der Waals surface area contributed by atoms with Crippen LogP contribution in [0.2, 0.25) is 0 Å². The zero-order chi connectivity index (χ0) is 14.7. The Hall–Kier alpha value is -2.62. The molecule has 4 nitrogen and oxygen atoms in total. The molecule has 2 aromatic rings. The van der Waals surface area contributed by atoms with E-state index in [1.165, 1.54) is 5.56 Å². The third-order valence-corrected chi connectivity index (χ3v) is 3.68. The Morgan fingerprint density at radius 2 is 1.76 bits per heavy atom. The standard InChI is InChI=1S/C17H17N3O/c1-20-15-10-6-5-7-13(15)11-12-16(20)18-19-17(21)14-8-3-2-4-9-14/h2-10H,11-12H2,1H3,(H,19,21). The molecule has 1 heterocycles. The Bertz CT molecular complexity index is 679. The van der Waals surface area contributed by atoms with Crippen LogP contribution >= 0.6 is 0 Å². The third-order valence-electron chi connectivity index (χ3n) is 3.68. The van der Waals surface area contributed by atoms with E-state index in [-0.39, 0.29) is 5.91 Å². The molecule has 0 saturated carbocycles. The smallest absolute Gasteiger partial charge is 0.271 e. The lowest BCUT2D eigenvalue weighted by Crippen LogP contribution is -2.34. The second-order valence-corrected chi connectivity index (χ2v) is 5.02. The molecule has 1 aliphatic heterocycles. The summed E-state index contributed by atoms with van der Waals surface area (Å²) in [6.07, 6.45) is 1.77. The number of amidine groups is 1. The zero-order valence-corrected chi connectivity index (χ0v) is 11.9. The second kappa shape index (κ2) is 5.79. The van der Waals surface area contributed by atoms with Gasteiger partial charge in [-0.2, -0.15) is 5.10 Å². The highest BCUT2D eigenvalue weighted by atomic mass is 16.2. The van der Waals surface area contributed by atoms with Gasteiger partial charge < -0.3 is 4.90 Å². The van der Waals surface area contributed by atoms with Crippen LogP contribution in [0.4, 0.5) is 5.69 Å². The first-order valence-corrected chi connectivity index (χ1v) is 6.99. The van der Waals surface area contributed by atoms with Crippen molar-refractivity contribution in [2.45, 2.75) is 12.8 Å². The first-order valence-electron chi connectivity index (χ1n) is 6.99. The quantitative estimate of drug-likeness (QED) is 0.859. The summed E-state index contributed by atoms with van der Waals surface area (Å²) in [7, 11) is 1.98. The van der Waals surface area contributed by atoms with E-state index in [0.717, 1.165) is 24.4 Å². The highest BCUT2D eigenvalue weighted by Crippen LogP contribution is 2.26. The Morgan fingerprint density at radius 3 is 2.57 bits per heavy atom. The molecule has 4 heteroatoms. The number of anilines is 1. The second-order valence-electron chi connectivity index (χ2n) is 5.02. The number of hydrogen-bond acceptors (Lipinski definition) is 2. The molecule has 1 aliphatic rings. The highest BCUT2D eigenvalue weighted by Gasteiger charge is 2.19. The number of hydrogen-bond donors (Lipinski definition) is 1. The monoisotopic (exact) mass is 279 g/mol. The van der Waals surface area contributed by atoms with Crippen LogP contribution in [0.5, 0.6) is 0 Å². The molecule has 106 valence electrons. The van der Waals surface area contributed by atoms with Gasteiger partial charge in [-0.05, 0) is 30.2 Å². The third kappa shape index (κ3) is 2.79. The lowest BCUT2D eigenvalue weighted by Gasteiger charge is -2.28. The Balaban J connectivity index is 1.75. The van der Waals surface area contributed by atoms with E-state index in [4.69, 9.17) is 0 Å². The summed E-state index contributed by atoms with van der Waals surface area (Å²) in [5.41, 5.74) is 5.71. The SMILES string of the molecule is CN1C(=NNC(=O)c2ccccc2)CCc2ccccc21. The van der Waals surface area contributed by atoms with E-state index >= 15 is 0 Å². The van der Waals surface area contributed by atoms with E-state index in [1.54, 1.807) is 12.1 Å². The lowest BCUT2D eigenvalue weighted by molar-refractivity contribution is 0.0954. The van der Waals surface area contributed by atoms with Crippen LogP contribution in [0.15, 0.2) is 59.7 Å². The first kappa shape index (κ1) is 13.4. The Morgan fingerprint density at radius 1 is 1.05 bits per heavy atom. The fourth-order valence-corrected chi connectivity index (χ4v) is 2.50. The number of aryl methyl sites for hydroxylation is 1. The van der Waals surface area contributed by atoms with Gasteiger partial charge in [0.2, 0.25) is 0 Å². The van der Waals surface area contributed by atoms with Gasteiger partial charge >= 0.3 is 0 Å². The summed E-state index contributed by atoms with van der Waals surface area (Å²) >= 11 is 0. The van der Waals surface area contributed by atoms with Gasteiger partial charge in [0, 0.05) is 24.7 Å². The van der Waals surface area contributed by atoms with Crippen molar-refractivity contribution < 1.29 is 4.79 Å². The maximum atomic E-state index is 12.0. The van der Waals surface area contributed by atoms with Gasteiger partial charge in [-0.1, -0.05) is 36.4 Å². The molecule has 0 aliphatic carbocycles. The largest absolute Gasteiger partial charge is 0.331 e. The molecule has 3 rings (SSSR count). The van der Waals surface area contributed by atoms with Gasteiger partial charge in [-0.3, -0.25) is 4.79 Å². The van der Waals surface area contributed by atoms with Crippen LogP contribution in [0.3, 0.4) is 0 Å². The number of nitrogens with zero attached hydrogens (tertiary/aromatic N) is 2. The van der Waals surface area contributed by atoms with E-state index < -0.39 is 0 Å². The molecule has 1 amide bonds. The Labute approximate surface area is 124 Å². The van der Waals surface area contributed by atoms with E-state index in [2.05, 4.69) is 22.7 Å². The molecular formula is C17H17N3O. The lowest BCUT2D eigenvalue weighted by atomic mass is 10.0. The summed E-state index contributed by atoms with van der Waals surface area (Å²) in [6.45, 7) is 0. The molecule has 0 unspecified atom stereocenters. The molecule has 0 atom stereocenters. The van der Waals surface area contributed by atoms with Gasteiger partial charge in [0.25, 0.3) is 5.91 Å². The number of nitrogens with one attached hydrogen (secondary N) is 1. The van der Waals surface area contributed by atoms with Crippen molar-refractivity contribution in [3.63, 3.8) is 0 Å². The topological polar surface area (TPSA) is 44.7 Å². The minimum atomic E-state index is -0.185. The maximum Gasteiger partial charge on any atom is 0.271 e. The van der Waals surface area contributed by atoms with Crippen molar-refractivity contribution in [3.8, 4) is 0 Å². The van der Waals surface area contributed by atoms with Crippen molar-refractivity contribution in [1.29, 1.82) is 0 Å². The molecule has 0 fully saturated rings. The normalized spacial score (nSPS) is 15.7. The number of benzene rings is 2. The van der Waals surface area contributed by atoms with Crippen LogP contribution in [0, 0.1) is 0 Å². The van der Waals surface area contributed by atoms with E-state index in [9.17, 15) is 4.79 Å². The fraction of sp³-hybridized carbons (Fsp3) is 0.176. The minimum absolute atomic E-state index is 0.185. The number of carbonyl (C=O) groups is 1. The molecule has 1 N–H and O–H groups in total. The maximum absolute atomic E-state index is 12.0. The molecule has 0 radical (unpaired) electrons. The van der Waals surface area contributed by atoms with Gasteiger partial charge in [-0.25, -0.2) is 5.43 Å². The zero-order valence-electron chi connectivity index (χ0n) is 11.9. The molecular weight excluding hydrogens is 262 g/mol. The minimum Gasteiger partial charge on any atom is -0.331 e. The van der Waals surface area contributed by atoms with Crippen molar-refractivity contribution in [1.82, 2.24) is 5.43 Å². The summed E-state index contributed by atoms with van der Waals surface area (Å²) < 4.78 is 0. The van der Waals surface area contributed by atoms with Crippen molar-refractivity contribution in [2.75, 3.05) is 11.9 Å². The molecule has 2 aromatic carbocycles. The summed E-state index contributed by atoms with van der Waals surface area (Å²) in [5.74, 6) is 0.688. The van der Waals surface area contributed by atoms with Crippen LogP contribution in [-0.4, -0.2) is 18.8 Å². The predicted molar refractivity (Wildman–Crippen MR) is 84.5 cm³/mol. The summed E-state index contributed by atoms with van der Waals surface area (Å²) in [5, 5.41) is 4.28. The number of rotatable bonds is 2. The molecule has 21 heavy (non-hydrogen) atoms. The fourth-order valence-electron chi connectivity index (χ4n) is 2.50. The van der Waals surface area contributed by atoms with Gasteiger partial charge in [0.1, 0.15) is 5.84 Å². The first-order chi connectivity index (χ1) is 10.3. The van der Waals surface area contributed by atoms with Crippen LogP contribution in [0.1, 0.15) is 22.3 Å². The number of carbonyl (C=O) groups excluding carboxylic acids is 1. The van der Waals surface area contributed by atoms with Crippen LogP contribution < -0.4 is 10.3 Å². The van der Waals surface area contributed by atoms with Crippen molar-refractivity contribution >= 4 is 17.4 Å². The number of fused-ring (bicyclic) bond motifs is 1. The number of para-hydroxylation sites is 1. The van der Waals surface area contributed by atoms with Gasteiger partial charge in [0.15, 0.2) is 0 Å². The number of amides is 1. The summed E-state index contributed by atoms with van der Waals surface area (Å²) in [4.78, 5) is 14.0. The average Bonchev–Trinajstić information content (AvgIpc) is 2.55. The summed E-state index contributed by atoms with van der Waals surface area (Å²) in [6, 6.07) is 17.4. The number of hydrazone groups is 1. The highest BCUT2D eigenvalue weighted by molar-refractivity contribution is 6.01. The van der Waals surface area contributed by atoms with E-state index in [1.807, 2.05) is 42.3 Å². The predicted octanol–water partition coefficient (Wildman–Crippen LogP) is 2.81. The van der Waals surface area contributed by atoms with Gasteiger partial charge in [0.05, 0.1) is 0 Å². The van der Waals surface area contributed by atoms with Crippen LogP contribution in [-0.2, 0) is 6.42 Å². The van der Waals surface area contributed by atoms with Crippen molar-refractivity contribution in [2.24, 2.45) is 5.10 Å². The Kier molecular flexibility index (Phi) is 3.69. The molecule has 0 saturated heterocycles. The van der Waals surface area contributed by atoms with Gasteiger partial charge in [-0.15, -0.1) is 0 Å². The van der Waals surface area contributed by atoms with E-state index in [0.29, 0.717) is 5.56 Å². The van der Waals surface area contributed by atoms with Crippen LogP contribution in [0.25, 0.3) is 0 Å². The average molecular weight is 279 g/mol. The van der Waals surface area contributed by atoms with Crippen molar-refractivity contribution in [3.05, 3.63) is 65.7 Å².